The van der Waals surface area contributed by atoms with Gasteiger partial charge in [0.25, 0.3) is 0 Å². The summed E-state index contributed by atoms with van der Waals surface area (Å²) in [7, 11) is 0. The van der Waals surface area contributed by atoms with Crippen LogP contribution in [0.4, 0.5) is 0 Å². The van der Waals surface area contributed by atoms with Crippen LogP contribution in [0.2, 0.25) is 0 Å². The van der Waals surface area contributed by atoms with Gasteiger partial charge in [0.05, 0.1) is 19.3 Å². The molecular formula is C37H39NO8. The van der Waals surface area contributed by atoms with Gasteiger partial charge in [-0.2, -0.15) is 0 Å². The van der Waals surface area contributed by atoms with Gasteiger partial charge in [-0.3, -0.25) is 0 Å². The van der Waals surface area contributed by atoms with Gasteiger partial charge in [-0.1, -0.05) is 76.0 Å². The Morgan fingerprint density at radius 1 is 0.913 bits per heavy atom. The van der Waals surface area contributed by atoms with Crippen molar-refractivity contribution >= 4 is 57.7 Å². The maximum atomic E-state index is 12.7. The van der Waals surface area contributed by atoms with E-state index in [9.17, 15) is 19.2 Å². The zero-order chi connectivity index (χ0) is 33.8. The minimum atomic E-state index is -1.07. The first-order valence-corrected chi connectivity index (χ1v) is 15.0. The molecule has 0 aromatic heterocycles. The second kappa shape index (κ2) is 16.8. The predicted octanol–water partition coefficient (Wildman–Crippen LogP) is 7.12. The second-order valence-electron chi connectivity index (χ2n) is 10.7. The Bertz CT molecular complexity index is 1730. The van der Waals surface area contributed by atoms with Crippen LogP contribution in [-0.4, -0.2) is 54.5 Å². The molecule has 9 nitrogen and oxygen atoms in total. The number of nitrogens with one attached hydrogen (secondary N) is 1. The molecule has 2 N–H and O–H groups in total. The van der Waals surface area contributed by atoms with Gasteiger partial charge in [-0.15, -0.1) is 0 Å². The third-order valence-corrected chi connectivity index (χ3v) is 7.38. The lowest BCUT2D eigenvalue weighted by molar-refractivity contribution is -0.154. The van der Waals surface area contributed by atoms with Gasteiger partial charge in [0.1, 0.15) is 0 Å². The highest BCUT2D eigenvalue weighted by Gasteiger charge is 2.24. The van der Waals surface area contributed by atoms with Gasteiger partial charge in [-0.05, 0) is 64.9 Å². The molecule has 4 rings (SSSR count). The van der Waals surface area contributed by atoms with Crippen LogP contribution in [0.1, 0.15) is 57.1 Å². The lowest BCUT2D eigenvalue weighted by atomic mass is 9.93. The number of benzene rings is 3. The average molecular weight is 626 g/mol. The van der Waals surface area contributed by atoms with E-state index in [1.165, 1.54) is 6.21 Å². The zero-order valence-corrected chi connectivity index (χ0v) is 26.2. The summed E-state index contributed by atoms with van der Waals surface area (Å²) >= 11 is 0. The Balaban J connectivity index is 0.000000349. The van der Waals surface area contributed by atoms with E-state index in [1.807, 2.05) is 49.4 Å². The fraction of sp³-hybridized carbons (Fsp3) is 0.270. The van der Waals surface area contributed by atoms with Gasteiger partial charge < -0.3 is 24.7 Å². The monoisotopic (exact) mass is 625 g/mol. The van der Waals surface area contributed by atoms with Crippen LogP contribution in [0, 0.1) is 5.41 Å². The van der Waals surface area contributed by atoms with Crippen molar-refractivity contribution in [3.05, 3.63) is 102 Å². The van der Waals surface area contributed by atoms with Gasteiger partial charge in [0.2, 0.25) is 0 Å². The number of fused-ring (bicyclic) bond motifs is 2. The summed E-state index contributed by atoms with van der Waals surface area (Å²) in [5.41, 5.74) is 2.66. The first-order chi connectivity index (χ1) is 22.0. The summed E-state index contributed by atoms with van der Waals surface area (Å²) in [6.45, 7) is 14.9. The summed E-state index contributed by atoms with van der Waals surface area (Å²) in [6.07, 6.45) is 5.50. The smallest absolute Gasteiger partial charge is 0.341 e. The van der Waals surface area contributed by atoms with Crippen molar-refractivity contribution < 1.29 is 38.5 Å². The number of carboxylic acid groups (broad SMARTS) is 1. The fourth-order valence-electron chi connectivity index (χ4n) is 4.47. The number of esters is 3. The number of aliphatic carboxylic acids is 1. The molecule has 1 heterocycles. The molecule has 3 aromatic rings. The Hall–Kier alpha value is -5.15. The molecule has 0 spiro atoms. The molecule has 0 amide bonds. The molecule has 1 unspecified atom stereocenters. The predicted molar refractivity (Wildman–Crippen MR) is 179 cm³/mol. The van der Waals surface area contributed by atoms with Crippen LogP contribution in [-0.2, 0) is 33.4 Å². The zero-order valence-electron chi connectivity index (χ0n) is 26.2. The number of epoxide rings is 1. The third-order valence-electron chi connectivity index (χ3n) is 7.38. The topological polar surface area (TPSA) is 143 Å². The average Bonchev–Trinajstić information content (AvgIpc) is 3.89. The minimum Gasteiger partial charge on any atom is -0.478 e. The van der Waals surface area contributed by atoms with Gasteiger partial charge in [-0.25, -0.2) is 19.2 Å². The Labute approximate surface area is 268 Å². The molecule has 9 heteroatoms. The van der Waals surface area contributed by atoms with Crippen LogP contribution in [0.15, 0.2) is 90.6 Å². The molecule has 1 saturated heterocycles. The molecule has 0 radical (unpaired) electrons. The van der Waals surface area contributed by atoms with Crippen LogP contribution >= 0.6 is 0 Å². The molecule has 240 valence electrons. The first kappa shape index (κ1) is 35.3. The summed E-state index contributed by atoms with van der Waals surface area (Å²) in [4.78, 5) is 46.3. The van der Waals surface area contributed by atoms with Crippen molar-refractivity contribution in [1.82, 2.24) is 0 Å². The lowest BCUT2D eigenvalue weighted by Crippen LogP contribution is -2.16. The van der Waals surface area contributed by atoms with Gasteiger partial charge in [0.15, 0.2) is 0 Å². The number of carbonyl (C=O) groups is 4. The van der Waals surface area contributed by atoms with Crippen molar-refractivity contribution in [1.29, 1.82) is 5.41 Å². The molecule has 0 bridgehead atoms. The SMILES string of the molecule is C=C(CCC1CO1)C(=O)OC(=O)C(=Cc1cccc2cc3ccccc3c(C=N)c12)CC.C=C(CCOC(=O)C(=C)CC)C(=O)O. The minimum absolute atomic E-state index is 0.0277. The molecule has 46 heavy (non-hydrogen) atoms. The largest absolute Gasteiger partial charge is 0.478 e. The standard InChI is InChI=1S/C27H25NO4.C10H14O4/c1-3-18(27(30)32-26(29)17(2)11-12-22-16-31-22)13-20-8-6-9-21-14-19-7-4-5-10-23(19)24(15-28)25(20)21;1-4-7(2)10(13)14-6-5-8(3)9(11)12/h4-10,13-15,22,28H,2-3,11-12,16H2,1H3;2-6H2,1H3,(H,11,12). The van der Waals surface area contributed by atoms with Crippen LogP contribution in [0.3, 0.4) is 0 Å². The number of carbonyl (C=O) groups excluding carboxylic acids is 3. The van der Waals surface area contributed by atoms with E-state index in [2.05, 4.69) is 25.8 Å². The van der Waals surface area contributed by atoms with Crippen molar-refractivity contribution in [3.63, 3.8) is 0 Å². The normalized spacial score (nSPS) is 13.6. The summed E-state index contributed by atoms with van der Waals surface area (Å²) in [5, 5.41) is 20.4. The molecule has 1 aliphatic heterocycles. The van der Waals surface area contributed by atoms with Crippen LogP contribution < -0.4 is 0 Å². The number of hydrogen-bond donors (Lipinski definition) is 2. The van der Waals surface area contributed by atoms with Gasteiger partial charge >= 0.3 is 23.9 Å². The number of ether oxygens (including phenoxy) is 3. The second-order valence-corrected chi connectivity index (χ2v) is 10.7. The Kier molecular flexibility index (Phi) is 12.9. The molecule has 0 aliphatic carbocycles. The Morgan fingerprint density at radius 3 is 2.24 bits per heavy atom. The summed E-state index contributed by atoms with van der Waals surface area (Å²) in [6, 6.07) is 15.8. The van der Waals surface area contributed by atoms with Crippen LogP contribution in [0.5, 0.6) is 0 Å². The maximum Gasteiger partial charge on any atom is 0.341 e. The molecule has 1 fully saturated rings. The van der Waals surface area contributed by atoms with E-state index in [1.54, 1.807) is 13.0 Å². The highest BCUT2D eigenvalue weighted by molar-refractivity contribution is 6.15. The Morgan fingerprint density at radius 2 is 1.61 bits per heavy atom. The molecular weight excluding hydrogens is 586 g/mol. The highest BCUT2D eigenvalue weighted by Crippen LogP contribution is 2.31. The highest BCUT2D eigenvalue weighted by atomic mass is 16.6. The number of rotatable bonds is 14. The fourth-order valence-corrected chi connectivity index (χ4v) is 4.47. The summed E-state index contributed by atoms with van der Waals surface area (Å²) < 4.78 is 15.0. The van der Waals surface area contributed by atoms with Crippen molar-refractivity contribution in [2.75, 3.05) is 13.2 Å². The van der Waals surface area contributed by atoms with E-state index in [0.717, 1.165) is 32.7 Å². The quantitative estimate of drug-likeness (QED) is 0.0482. The van der Waals surface area contributed by atoms with E-state index < -0.39 is 23.9 Å². The van der Waals surface area contributed by atoms with E-state index in [0.29, 0.717) is 43.4 Å². The van der Waals surface area contributed by atoms with Gasteiger partial charge in [0, 0.05) is 40.5 Å². The van der Waals surface area contributed by atoms with Crippen molar-refractivity contribution in [3.8, 4) is 0 Å². The van der Waals surface area contributed by atoms with E-state index in [-0.39, 0.29) is 30.3 Å². The number of hydrogen-bond acceptors (Lipinski definition) is 8. The molecule has 0 saturated carbocycles. The third kappa shape index (κ3) is 9.67. The van der Waals surface area contributed by atoms with E-state index in [4.69, 9.17) is 24.7 Å². The molecule has 1 aliphatic rings. The first-order valence-electron chi connectivity index (χ1n) is 15.0. The molecule has 1 atom stereocenters. The van der Waals surface area contributed by atoms with Crippen LogP contribution in [0.25, 0.3) is 27.6 Å². The summed E-state index contributed by atoms with van der Waals surface area (Å²) in [5.74, 6) is -2.92. The molecule has 3 aromatic carbocycles. The lowest BCUT2D eigenvalue weighted by Gasteiger charge is -2.12. The van der Waals surface area contributed by atoms with E-state index >= 15 is 0 Å². The van der Waals surface area contributed by atoms with Crippen molar-refractivity contribution in [2.24, 2.45) is 0 Å². The van der Waals surface area contributed by atoms with Crippen molar-refractivity contribution in [2.45, 2.75) is 52.1 Å². The number of carboxylic acids is 1. The maximum absolute atomic E-state index is 12.7.